The van der Waals surface area contributed by atoms with E-state index in [1.54, 1.807) is 6.92 Å². The minimum absolute atomic E-state index is 0.236. The second-order valence-electron chi connectivity index (χ2n) is 4.29. The number of rotatable bonds is 5. The second kappa shape index (κ2) is 6.47. The maximum absolute atomic E-state index is 12.8. The highest BCUT2D eigenvalue weighted by Gasteiger charge is 2.14. The third-order valence-electron chi connectivity index (χ3n) is 2.61. The monoisotopic (exact) mass is 294 g/mol. The number of carbonyl (C=O) groups excluding carboxylic acids is 1. The van der Waals surface area contributed by atoms with Gasteiger partial charge in [-0.1, -0.05) is 0 Å². The number of nitrogens with one attached hydrogen (secondary N) is 1. The molecule has 1 atom stereocenters. The maximum Gasteiger partial charge on any atom is 0.261 e. The van der Waals surface area contributed by atoms with Gasteiger partial charge in [-0.15, -0.1) is 11.3 Å². The molecule has 20 heavy (non-hydrogen) atoms. The lowest BCUT2D eigenvalue weighted by molar-refractivity contribution is -0.127. The topological polar surface area (TPSA) is 51.2 Å². The van der Waals surface area contributed by atoms with Crippen LogP contribution in [0.1, 0.15) is 17.6 Å². The molecule has 4 nitrogen and oxygen atoms in total. The van der Waals surface area contributed by atoms with Crippen LogP contribution in [0.4, 0.5) is 4.39 Å². The Morgan fingerprint density at radius 1 is 1.45 bits per heavy atom. The molecule has 1 aromatic heterocycles. The Kier molecular flexibility index (Phi) is 4.68. The van der Waals surface area contributed by atoms with Crippen LogP contribution in [0.25, 0.3) is 0 Å². The molecule has 2 aromatic rings. The van der Waals surface area contributed by atoms with Crippen molar-refractivity contribution in [1.82, 2.24) is 10.3 Å². The molecule has 6 heteroatoms. The predicted molar refractivity (Wildman–Crippen MR) is 75.2 cm³/mol. The van der Waals surface area contributed by atoms with Crippen LogP contribution >= 0.6 is 11.3 Å². The van der Waals surface area contributed by atoms with Crippen molar-refractivity contribution in [1.29, 1.82) is 0 Å². The molecule has 0 spiro atoms. The summed E-state index contributed by atoms with van der Waals surface area (Å²) in [5, 5.41) is 5.62. The van der Waals surface area contributed by atoms with Crippen molar-refractivity contribution in [3.05, 3.63) is 46.2 Å². The summed E-state index contributed by atoms with van der Waals surface area (Å²) in [6.07, 6.45) is -0.653. The molecule has 0 aliphatic carbocycles. The molecule has 1 heterocycles. The van der Waals surface area contributed by atoms with Gasteiger partial charge in [0.2, 0.25) is 0 Å². The van der Waals surface area contributed by atoms with Gasteiger partial charge in [-0.2, -0.15) is 0 Å². The van der Waals surface area contributed by atoms with E-state index in [9.17, 15) is 9.18 Å². The highest BCUT2D eigenvalue weighted by Crippen LogP contribution is 2.13. The Morgan fingerprint density at radius 3 is 2.75 bits per heavy atom. The van der Waals surface area contributed by atoms with E-state index in [1.807, 2.05) is 12.3 Å². The van der Waals surface area contributed by atoms with E-state index in [-0.39, 0.29) is 11.7 Å². The molecule has 2 rings (SSSR count). The molecule has 106 valence electrons. The molecule has 0 aliphatic rings. The van der Waals surface area contributed by atoms with Gasteiger partial charge >= 0.3 is 0 Å². The SMILES string of the molecule is Cc1nc(CNC(=O)[C@H](C)Oc2ccc(F)cc2)cs1. The van der Waals surface area contributed by atoms with Gasteiger partial charge in [-0.3, -0.25) is 4.79 Å². The average molecular weight is 294 g/mol. The number of amides is 1. The van der Waals surface area contributed by atoms with Crippen LogP contribution in [-0.2, 0) is 11.3 Å². The highest BCUT2D eigenvalue weighted by atomic mass is 32.1. The van der Waals surface area contributed by atoms with Crippen LogP contribution in [0.15, 0.2) is 29.6 Å². The fourth-order valence-electron chi connectivity index (χ4n) is 1.58. The zero-order valence-electron chi connectivity index (χ0n) is 11.2. The minimum Gasteiger partial charge on any atom is -0.481 e. The molecule has 0 saturated heterocycles. The lowest BCUT2D eigenvalue weighted by Crippen LogP contribution is -2.35. The number of hydrogen-bond donors (Lipinski definition) is 1. The summed E-state index contributed by atoms with van der Waals surface area (Å²) in [6, 6.07) is 5.56. The van der Waals surface area contributed by atoms with Crippen LogP contribution in [0, 0.1) is 12.7 Å². The molecule has 0 bridgehead atoms. The zero-order valence-corrected chi connectivity index (χ0v) is 12.0. The maximum atomic E-state index is 12.8. The van der Waals surface area contributed by atoms with Crippen molar-refractivity contribution in [3.63, 3.8) is 0 Å². The fraction of sp³-hybridized carbons (Fsp3) is 0.286. The fourth-order valence-corrected chi connectivity index (χ4v) is 2.19. The van der Waals surface area contributed by atoms with Crippen LogP contribution in [0.5, 0.6) is 5.75 Å². The van der Waals surface area contributed by atoms with Crippen LogP contribution in [0.2, 0.25) is 0 Å². The van der Waals surface area contributed by atoms with Gasteiger partial charge in [0.05, 0.1) is 17.2 Å². The summed E-state index contributed by atoms with van der Waals surface area (Å²) in [6.45, 7) is 3.93. The number of thiazole rings is 1. The van der Waals surface area contributed by atoms with Crippen LogP contribution in [0.3, 0.4) is 0 Å². The van der Waals surface area contributed by atoms with E-state index < -0.39 is 6.10 Å². The molecule has 1 amide bonds. The molecule has 0 radical (unpaired) electrons. The molecule has 1 N–H and O–H groups in total. The van der Waals surface area contributed by atoms with Gasteiger partial charge in [-0.05, 0) is 38.1 Å². The summed E-state index contributed by atoms with van der Waals surface area (Å²) >= 11 is 1.54. The average Bonchev–Trinajstić information content (AvgIpc) is 2.84. The first-order valence-electron chi connectivity index (χ1n) is 6.15. The lowest BCUT2D eigenvalue weighted by Gasteiger charge is -2.14. The minimum atomic E-state index is -0.653. The number of ether oxygens (including phenoxy) is 1. The van der Waals surface area contributed by atoms with Gasteiger partial charge in [0.1, 0.15) is 11.6 Å². The van der Waals surface area contributed by atoms with E-state index in [1.165, 1.54) is 35.6 Å². The van der Waals surface area contributed by atoms with Crippen molar-refractivity contribution in [2.45, 2.75) is 26.5 Å². The largest absolute Gasteiger partial charge is 0.481 e. The van der Waals surface area contributed by atoms with Crippen LogP contribution < -0.4 is 10.1 Å². The predicted octanol–water partition coefficient (Wildman–Crippen LogP) is 2.67. The first-order chi connectivity index (χ1) is 9.54. The number of aromatic nitrogens is 1. The number of aryl methyl sites for hydroxylation is 1. The number of carbonyl (C=O) groups is 1. The Hall–Kier alpha value is -1.95. The molecule has 0 aliphatic heterocycles. The van der Waals surface area contributed by atoms with E-state index >= 15 is 0 Å². The van der Waals surface area contributed by atoms with Gasteiger partial charge in [0.15, 0.2) is 6.10 Å². The zero-order chi connectivity index (χ0) is 14.5. The van der Waals surface area contributed by atoms with E-state index in [2.05, 4.69) is 10.3 Å². The standard InChI is InChI=1S/C14H15FN2O2S/c1-9(19-13-5-3-11(15)4-6-13)14(18)16-7-12-8-20-10(2)17-12/h3-6,8-9H,7H2,1-2H3,(H,16,18)/t9-/m0/s1. The third-order valence-corrected chi connectivity index (χ3v) is 3.43. The van der Waals surface area contributed by atoms with Crippen LogP contribution in [-0.4, -0.2) is 17.0 Å². The number of hydrogen-bond acceptors (Lipinski definition) is 4. The van der Waals surface area contributed by atoms with Crippen molar-refractivity contribution in [3.8, 4) is 5.75 Å². The molecule has 0 fully saturated rings. The van der Waals surface area contributed by atoms with Crippen molar-refractivity contribution < 1.29 is 13.9 Å². The summed E-state index contributed by atoms with van der Waals surface area (Å²) in [7, 11) is 0. The van der Waals surface area contributed by atoms with E-state index in [0.717, 1.165) is 10.7 Å². The second-order valence-corrected chi connectivity index (χ2v) is 5.35. The van der Waals surface area contributed by atoms with Crippen molar-refractivity contribution in [2.75, 3.05) is 0 Å². The van der Waals surface area contributed by atoms with Gasteiger partial charge in [0, 0.05) is 5.38 Å². The summed E-state index contributed by atoms with van der Waals surface area (Å²) < 4.78 is 18.2. The van der Waals surface area contributed by atoms with E-state index in [4.69, 9.17) is 4.74 Å². The highest BCUT2D eigenvalue weighted by molar-refractivity contribution is 7.09. The quantitative estimate of drug-likeness (QED) is 0.922. The molecular weight excluding hydrogens is 279 g/mol. The number of benzene rings is 1. The van der Waals surface area contributed by atoms with Gasteiger partial charge in [-0.25, -0.2) is 9.37 Å². The summed E-state index contributed by atoms with van der Waals surface area (Å²) in [4.78, 5) is 16.1. The Labute approximate surface area is 120 Å². The van der Waals surface area contributed by atoms with Crippen molar-refractivity contribution >= 4 is 17.2 Å². The molecule has 1 aromatic carbocycles. The molecular formula is C14H15FN2O2S. The lowest BCUT2D eigenvalue weighted by atomic mass is 10.3. The smallest absolute Gasteiger partial charge is 0.261 e. The summed E-state index contributed by atoms with van der Waals surface area (Å²) in [5.41, 5.74) is 0.829. The number of nitrogens with zero attached hydrogens (tertiary/aromatic N) is 1. The molecule has 0 unspecified atom stereocenters. The van der Waals surface area contributed by atoms with E-state index in [0.29, 0.717) is 12.3 Å². The summed E-state index contributed by atoms with van der Waals surface area (Å²) in [5.74, 6) is -0.119. The first kappa shape index (κ1) is 14.5. The van der Waals surface area contributed by atoms with Crippen molar-refractivity contribution in [2.24, 2.45) is 0 Å². The number of halogens is 1. The molecule has 0 saturated carbocycles. The Balaban J connectivity index is 1.84. The van der Waals surface area contributed by atoms with Gasteiger partial charge in [0.25, 0.3) is 5.91 Å². The van der Waals surface area contributed by atoms with Gasteiger partial charge < -0.3 is 10.1 Å². The normalized spacial score (nSPS) is 11.9. The Morgan fingerprint density at radius 2 is 2.15 bits per heavy atom. The Bertz CT molecular complexity index is 583. The first-order valence-corrected chi connectivity index (χ1v) is 7.03. The third kappa shape index (κ3) is 4.03.